The number of hydrogen-bond donors (Lipinski definition) is 1. The molecule has 2 rings (SSSR count). The first kappa shape index (κ1) is 20.9. The first-order valence-corrected chi connectivity index (χ1v) is 10.4. The van der Waals surface area contributed by atoms with Gasteiger partial charge in [-0.05, 0) is 43.4 Å². The molecule has 0 saturated carbocycles. The molecule has 0 unspecified atom stereocenters. The molecule has 0 aliphatic heterocycles. The molecule has 7 heteroatoms. The number of hydrogen-bond acceptors (Lipinski definition) is 5. The van der Waals surface area contributed by atoms with Crippen molar-refractivity contribution in [3.8, 4) is 11.8 Å². The van der Waals surface area contributed by atoms with Crippen LogP contribution >= 0.6 is 0 Å². The van der Waals surface area contributed by atoms with Crippen molar-refractivity contribution < 1.29 is 13.2 Å². The summed E-state index contributed by atoms with van der Waals surface area (Å²) in [5, 5.41) is 8.82. The molecule has 0 aliphatic rings. The summed E-state index contributed by atoms with van der Waals surface area (Å²) in [6.07, 6.45) is 0. The highest BCUT2D eigenvalue weighted by molar-refractivity contribution is 7.89. The predicted molar refractivity (Wildman–Crippen MR) is 105 cm³/mol. The number of ether oxygens (including phenoxy) is 1. The van der Waals surface area contributed by atoms with Gasteiger partial charge in [-0.1, -0.05) is 32.0 Å². The summed E-state index contributed by atoms with van der Waals surface area (Å²) in [6.45, 7) is 7.63. The summed E-state index contributed by atoms with van der Waals surface area (Å²) < 4.78 is 33.4. The summed E-state index contributed by atoms with van der Waals surface area (Å²) in [5.41, 5.74) is 1.19. The summed E-state index contributed by atoms with van der Waals surface area (Å²) in [5.74, 6) is 0.673. The highest BCUT2D eigenvalue weighted by atomic mass is 32.2. The van der Waals surface area contributed by atoms with E-state index in [-0.39, 0.29) is 11.4 Å². The molecule has 2 aromatic carbocycles. The van der Waals surface area contributed by atoms with Gasteiger partial charge in [-0.3, -0.25) is 0 Å². The second-order valence-corrected chi connectivity index (χ2v) is 7.71. The first-order chi connectivity index (χ1) is 13.0. The standard InChI is InChI=1S/C20H25N3O3S/c1-3-23(4-2)13-14-26-20-8-6-5-7-18(20)16-22-27(24,25)19-11-9-17(15-21)10-12-19/h5-12,22H,3-4,13-14,16H2,1-2H3. The molecule has 1 N–H and O–H groups in total. The topological polar surface area (TPSA) is 82.4 Å². The highest BCUT2D eigenvalue weighted by Gasteiger charge is 2.15. The van der Waals surface area contributed by atoms with Gasteiger partial charge in [0.1, 0.15) is 12.4 Å². The van der Waals surface area contributed by atoms with Crippen molar-refractivity contribution in [2.45, 2.75) is 25.3 Å². The van der Waals surface area contributed by atoms with Crippen LogP contribution in [0.4, 0.5) is 0 Å². The van der Waals surface area contributed by atoms with Gasteiger partial charge in [0.2, 0.25) is 10.0 Å². The van der Waals surface area contributed by atoms with Crippen LogP contribution in [0.2, 0.25) is 0 Å². The minimum Gasteiger partial charge on any atom is -0.492 e. The largest absolute Gasteiger partial charge is 0.492 e. The van der Waals surface area contributed by atoms with Crippen LogP contribution in [0.25, 0.3) is 0 Å². The Balaban J connectivity index is 2.01. The third-order valence-corrected chi connectivity index (χ3v) is 5.70. The molecule has 0 radical (unpaired) electrons. The molecule has 0 saturated heterocycles. The van der Waals surface area contributed by atoms with E-state index in [0.717, 1.165) is 25.2 Å². The molecule has 0 amide bonds. The van der Waals surface area contributed by atoms with Crippen molar-refractivity contribution in [2.75, 3.05) is 26.2 Å². The number of nitrogens with zero attached hydrogens (tertiary/aromatic N) is 2. The van der Waals surface area contributed by atoms with E-state index in [9.17, 15) is 8.42 Å². The van der Waals surface area contributed by atoms with E-state index in [1.54, 1.807) is 0 Å². The minimum atomic E-state index is -3.67. The van der Waals surface area contributed by atoms with Crippen molar-refractivity contribution >= 4 is 10.0 Å². The van der Waals surface area contributed by atoms with Crippen LogP contribution in [-0.2, 0) is 16.6 Å². The molecule has 144 valence electrons. The minimum absolute atomic E-state index is 0.126. The van der Waals surface area contributed by atoms with Gasteiger partial charge < -0.3 is 9.64 Å². The summed E-state index contributed by atoms with van der Waals surface area (Å²) in [6, 6.07) is 15.2. The monoisotopic (exact) mass is 387 g/mol. The molecule has 2 aromatic rings. The maximum Gasteiger partial charge on any atom is 0.240 e. The second-order valence-electron chi connectivity index (χ2n) is 5.94. The van der Waals surface area contributed by atoms with E-state index in [0.29, 0.717) is 17.9 Å². The van der Waals surface area contributed by atoms with Crippen molar-refractivity contribution in [1.29, 1.82) is 5.26 Å². The average Bonchev–Trinajstić information content (AvgIpc) is 2.70. The van der Waals surface area contributed by atoms with Gasteiger partial charge in [-0.2, -0.15) is 5.26 Å². The summed E-state index contributed by atoms with van der Waals surface area (Å²) in [4.78, 5) is 2.39. The fourth-order valence-corrected chi connectivity index (χ4v) is 3.59. The Morgan fingerprint density at radius 1 is 1.07 bits per heavy atom. The van der Waals surface area contributed by atoms with Crippen LogP contribution in [0.1, 0.15) is 25.0 Å². The number of nitriles is 1. The van der Waals surface area contributed by atoms with Gasteiger partial charge >= 0.3 is 0 Å². The van der Waals surface area contributed by atoms with E-state index in [1.807, 2.05) is 30.3 Å². The van der Waals surface area contributed by atoms with E-state index >= 15 is 0 Å². The molecule has 0 spiro atoms. The average molecular weight is 388 g/mol. The highest BCUT2D eigenvalue weighted by Crippen LogP contribution is 2.19. The maximum atomic E-state index is 12.5. The van der Waals surface area contributed by atoms with Crippen LogP contribution in [0.3, 0.4) is 0 Å². The zero-order chi connectivity index (χ0) is 19.7. The van der Waals surface area contributed by atoms with E-state index in [4.69, 9.17) is 10.00 Å². The SMILES string of the molecule is CCN(CC)CCOc1ccccc1CNS(=O)(=O)c1ccc(C#N)cc1. The number of sulfonamides is 1. The Morgan fingerprint density at radius 3 is 2.37 bits per heavy atom. The molecule has 0 aliphatic carbocycles. The van der Waals surface area contributed by atoms with Crippen LogP contribution in [0.15, 0.2) is 53.4 Å². The number of likely N-dealkylation sites (N-methyl/N-ethyl adjacent to an activating group) is 1. The number of nitrogens with one attached hydrogen (secondary N) is 1. The quantitative estimate of drug-likeness (QED) is 0.678. The van der Waals surface area contributed by atoms with E-state index < -0.39 is 10.0 Å². The zero-order valence-electron chi connectivity index (χ0n) is 15.7. The smallest absolute Gasteiger partial charge is 0.240 e. The zero-order valence-corrected chi connectivity index (χ0v) is 16.5. The Hall–Kier alpha value is -2.40. The van der Waals surface area contributed by atoms with Gasteiger partial charge in [0, 0.05) is 18.7 Å². The Labute approximate surface area is 161 Å². The predicted octanol–water partition coefficient (Wildman–Crippen LogP) is 2.76. The number of para-hydroxylation sites is 1. The van der Waals surface area contributed by atoms with Crippen LogP contribution in [0.5, 0.6) is 5.75 Å². The maximum absolute atomic E-state index is 12.5. The molecule has 0 heterocycles. The fraction of sp³-hybridized carbons (Fsp3) is 0.350. The van der Waals surface area contributed by atoms with Crippen molar-refractivity contribution in [1.82, 2.24) is 9.62 Å². The lowest BCUT2D eigenvalue weighted by molar-refractivity contribution is 0.221. The normalized spacial score (nSPS) is 11.3. The third-order valence-electron chi connectivity index (χ3n) is 4.28. The van der Waals surface area contributed by atoms with Crippen molar-refractivity contribution in [3.63, 3.8) is 0 Å². The molecular formula is C20H25N3O3S. The lowest BCUT2D eigenvalue weighted by atomic mass is 10.2. The fourth-order valence-electron chi connectivity index (χ4n) is 2.58. The van der Waals surface area contributed by atoms with E-state index in [2.05, 4.69) is 23.5 Å². The van der Waals surface area contributed by atoms with Gasteiger partial charge in [0.15, 0.2) is 0 Å². The molecule has 0 aromatic heterocycles. The van der Waals surface area contributed by atoms with Gasteiger partial charge in [-0.15, -0.1) is 0 Å². The Kier molecular flexibility index (Phi) is 7.80. The number of benzene rings is 2. The number of rotatable bonds is 10. The molecule has 0 atom stereocenters. The summed E-state index contributed by atoms with van der Waals surface area (Å²) >= 11 is 0. The van der Waals surface area contributed by atoms with Crippen LogP contribution in [0, 0.1) is 11.3 Å². The van der Waals surface area contributed by atoms with Gasteiger partial charge in [0.25, 0.3) is 0 Å². The molecule has 6 nitrogen and oxygen atoms in total. The van der Waals surface area contributed by atoms with Crippen LogP contribution in [-0.4, -0.2) is 39.6 Å². The Bertz CT molecular complexity index is 870. The molecular weight excluding hydrogens is 362 g/mol. The summed E-state index contributed by atoms with van der Waals surface area (Å²) in [7, 11) is -3.67. The second kappa shape index (κ2) is 10.1. The van der Waals surface area contributed by atoms with Crippen LogP contribution < -0.4 is 9.46 Å². The van der Waals surface area contributed by atoms with Crippen molar-refractivity contribution in [3.05, 3.63) is 59.7 Å². The molecule has 0 fully saturated rings. The lowest BCUT2D eigenvalue weighted by Gasteiger charge is -2.19. The Morgan fingerprint density at radius 2 is 1.74 bits per heavy atom. The molecule has 0 bridgehead atoms. The van der Waals surface area contributed by atoms with E-state index in [1.165, 1.54) is 24.3 Å². The lowest BCUT2D eigenvalue weighted by Crippen LogP contribution is -2.28. The third kappa shape index (κ3) is 6.07. The first-order valence-electron chi connectivity index (χ1n) is 8.93. The van der Waals surface area contributed by atoms with Gasteiger partial charge in [-0.25, -0.2) is 13.1 Å². The van der Waals surface area contributed by atoms with Crippen molar-refractivity contribution in [2.24, 2.45) is 0 Å². The van der Waals surface area contributed by atoms with Gasteiger partial charge in [0.05, 0.1) is 16.5 Å². The molecule has 27 heavy (non-hydrogen) atoms.